The van der Waals surface area contributed by atoms with E-state index in [1.165, 1.54) is 34.2 Å². The molecule has 1 aromatic heterocycles. The van der Waals surface area contributed by atoms with Crippen LogP contribution in [0.5, 0.6) is 0 Å². The number of fused-ring (bicyclic) bond motifs is 1. The molecule has 37 heavy (non-hydrogen) atoms. The van der Waals surface area contributed by atoms with Crippen LogP contribution in [0, 0.1) is 10.1 Å². The van der Waals surface area contributed by atoms with Crippen molar-refractivity contribution < 1.29 is 14.5 Å². The maximum atomic E-state index is 13.2. The number of nitro benzene ring substituents is 1. The molecule has 3 aromatic rings. The number of rotatable bonds is 6. The number of hydrogen-bond donors (Lipinski definition) is 0. The van der Waals surface area contributed by atoms with Crippen molar-refractivity contribution in [2.75, 3.05) is 39.3 Å². The van der Waals surface area contributed by atoms with E-state index in [9.17, 15) is 19.7 Å². The van der Waals surface area contributed by atoms with Gasteiger partial charge in [-0.2, -0.15) is 0 Å². The van der Waals surface area contributed by atoms with Crippen molar-refractivity contribution in [2.45, 2.75) is 25.3 Å². The van der Waals surface area contributed by atoms with Crippen LogP contribution in [0.15, 0.2) is 66.0 Å². The van der Waals surface area contributed by atoms with Gasteiger partial charge in [0.05, 0.1) is 11.0 Å². The molecule has 3 heterocycles. The van der Waals surface area contributed by atoms with Crippen LogP contribution in [0.1, 0.15) is 45.2 Å². The van der Waals surface area contributed by atoms with Crippen molar-refractivity contribution in [2.24, 2.45) is 0 Å². The largest absolute Gasteiger partial charge is 0.341 e. The third-order valence-corrected chi connectivity index (χ3v) is 8.23. The molecule has 1 unspecified atom stereocenters. The van der Waals surface area contributed by atoms with E-state index < -0.39 is 4.92 Å². The molecule has 2 aliphatic heterocycles. The van der Waals surface area contributed by atoms with E-state index in [0.29, 0.717) is 51.1 Å². The highest BCUT2D eigenvalue weighted by Crippen LogP contribution is 2.37. The number of nitro groups is 1. The highest BCUT2D eigenvalue weighted by molar-refractivity contribution is 7.10. The van der Waals surface area contributed by atoms with Crippen molar-refractivity contribution in [3.8, 4) is 0 Å². The third-order valence-electron chi connectivity index (χ3n) is 7.23. The van der Waals surface area contributed by atoms with E-state index in [1.807, 2.05) is 22.3 Å². The van der Waals surface area contributed by atoms with Gasteiger partial charge in [0.15, 0.2) is 0 Å². The van der Waals surface area contributed by atoms with Crippen LogP contribution in [0.4, 0.5) is 5.69 Å². The molecule has 1 fully saturated rings. The lowest BCUT2D eigenvalue weighted by Crippen LogP contribution is -2.40. The first-order chi connectivity index (χ1) is 18.0. The summed E-state index contributed by atoms with van der Waals surface area (Å²) in [7, 11) is 0. The molecule has 0 radical (unpaired) electrons. The van der Waals surface area contributed by atoms with E-state index in [4.69, 9.17) is 0 Å². The fourth-order valence-corrected chi connectivity index (χ4v) is 6.24. The van der Waals surface area contributed by atoms with Gasteiger partial charge in [0.2, 0.25) is 5.91 Å². The average Bonchev–Trinajstić information content (AvgIpc) is 3.27. The van der Waals surface area contributed by atoms with Crippen molar-refractivity contribution in [1.29, 1.82) is 0 Å². The minimum Gasteiger partial charge on any atom is -0.341 e. The first-order valence-corrected chi connectivity index (χ1v) is 13.6. The van der Waals surface area contributed by atoms with Gasteiger partial charge in [0, 0.05) is 68.3 Å². The monoisotopic (exact) mass is 518 g/mol. The SMILES string of the molecule is O=C(CCN1CCc2sccc2C1c1ccccc1)N1CCCN(C(=O)c2cccc([N+](=O)[O-])c2)CC1. The zero-order chi connectivity index (χ0) is 25.8. The molecule has 9 heteroatoms. The minimum absolute atomic E-state index is 0.0985. The Balaban J connectivity index is 1.20. The summed E-state index contributed by atoms with van der Waals surface area (Å²) in [5.41, 5.74) is 2.80. The van der Waals surface area contributed by atoms with Crippen LogP contribution in [-0.4, -0.2) is 70.7 Å². The standard InChI is InChI=1S/C28H30N4O4S/c33-26(11-16-30-15-10-25-24(12-19-37-25)27(30)21-6-2-1-3-7-21)29-13-5-14-31(18-17-29)28(34)22-8-4-9-23(20-22)32(35)36/h1-4,6-9,12,19-20,27H,5,10-11,13-18H2. The first kappa shape index (κ1) is 25.1. The molecule has 0 bridgehead atoms. The maximum absolute atomic E-state index is 13.2. The molecule has 2 aromatic carbocycles. The molecule has 0 aliphatic carbocycles. The summed E-state index contributed by atoms with van der Waals surface area (Å²) in [6, 6.07) is 18.7. The zero-order valence-corrected chi connectivity index (χ0v) is 21.4. The van der Waals surface area contributed by atoms with E-state index in [0.717, 1.165) is 13.0 Å². The molecule has 0 spiro atoms. The Labute approximate surface area is 220 Å². The van der Waals surface area contributed by atoms with Crippen LogP contribution in [0.3, 0.4) is 0 Å². The van der Waals surface area contributed by atoms with Gasteiger partial charge >= 0.3 is 0 Å². The number of benzene rings is 2. The van der Waals surface area contributed by atoms with E-state index in [1.54, 1.807) is 11.0 Å². The van der Waals surface area contributed by atoms with Gasteiger partial charge in [-0.3, -0.25) is 24.6 Å². The Morgan fingerprint density at radius 3 is 2.54 bits per heavy atom. The predicted octanol–water partition coefficient (Wildman–Crippen LogP) is 4.37. The lowest BCUT2D eigenvalue weighted by atomic mass is 9.93. The van der Waals surface area contributed by atoms with Crippen LogP contribution in [0.25, 0.3) is 0 Å². The van der Waals surface area contributed by atoms with Gasteiger partial charge in [-0.1, -0.05) is 36.4 Å². The molecule has 0 saturated carbocycles. The number of non-ortho nitro benzene ring substituents is 1. The number of carbonyl (C=O) groups excluding carboxylic acids is 2. The molecule has 1 atom stereocenters. The molecule has 5 rings (SSSR count). The lowest BCUT2D eigenvalue weighted by molar-refractivity contribution is -0.384. The smallest absolute Gasteiger partial charge is 0.270 e. The number of carbonyl (C=O) groups is 2. The summed E-state index contributed by atoms with van der Waals surface area (Å²) >= 11 is 1.81. The molecule has 8 nitrogen and oxygen atoms in total. The Morgan fingerprint density at radius 1 is 0.946 bits per heavy atom. The number of hydrogen-bond acceptors (Lipinski definition) is 6. The Morgan fingerprint density at radius 2 is 1.73 bits per heavy atom. The summed E-state index contributed by atoms with van der Waals surface area (Å²) in [6.07, 6.45) is 2.12. The normalized spacial score (nSPS) is 18.2. The fourth-order valence-electron chi connectivity index (χ4n) is 5.34. The average molecular weight is 519 g/mol. The van der Waals surface area contributed by atoms with Crippen LogP contribution < -0.4 is 0 Å². The van der Waals surface area contributed by atoms with E-state index in [-0.39, 0.29) is 23.5 Å². The molecular weight excluding hydrogens is 488 g/mol. The van der Waals surface area contributed by atoms with E-state index in [2.05, 4.69) is 40.6 Å². The Bertz CT molecular complexity index is 1280. The summed E-state index contributed by atoms with van der Waals surface area (Å²) < 4.78 is 0. The zero-order valence-electron chi connectivity index (χ0n) is 20.6. The fraction of sp³-hybridized carbons (Fsp3) is 0.357. The van der Waals surface area contributed by atoms with Gasteiger partial charge in [-0.25, -0.2) is 0 Å². The summed E-state index contributed by atoms with van der Waals surface area (Å²) in [5.74, 6) is -0.129. The summed E-state index contributed by atoms with van der Waals surface area (Å²) in [4.78, 5) is 44.2. The maximum Gasteiger partial charge on any atom is 0.270 e. The van der Waals surface area contributed by atoms with Gasteiger partial charge in [-0.15, -0.1) is 11.3 Å². The summed E-state index contributed by atoms with van der Waals surface area (Å²) in [6.45, 7) is 3.62. The lowest BCUT2D eigenvalue weighted by Gasteiger charge is -2.36. The second-order valence-corrected chi connectivity index (χ2v) is 10.5. The molecule has 192 valence electrons. The highest BCUT2D eigenvalue weighted by atomic mass is 32.1. The second-order valence-electron chi connectivity index (χ2n) is 9.48. The van der Waals surface area contributed by atoms with Gasteiger partial charge < -0.3 is 9.80 Å². The quantitative estimate of drug-likeness (QED) is 0.357. The minimum atomic E-state index is -0.497. The number of amides is 2. The van der Waals surface area contributed by atoms with Crippen LogP contribution >= 0.6 is 11.3 Å². The van der Waals surface area contributed by atoms with E-state index >= 15 is 0 Å². The third kappa shape index (κ3) is 5.57. The highest BCUT2D eigenvalue weighted by Gasteiger charge is 2.30. The molecular formula is C28H30N4O4S. The van der Waals surface area contributed by atoms with Crippen molar-refractivity contribution in [1.82, 2.24) is 14.7 Å². The van der Waals surface area contributed by atoms with Gasteiger partial charge in [0.1, 0.15) is 0 Å². The predicted molar refractivity (Wildman–Crippen MR) is 143 cm³/mol. The van der Waals surface area contributed by atoms with Crippen molar-refractivity contribution in [3.63, 3.8) is 0 Å². The Hall–Kier alpha value is -3.56. The van der Waals surface area contributed by atoms with Gasteiger partial charge in [-0.05, 0) is 41.5 Å². The molecule has 2 amide bonds. The Kier molecular flexibility index (Phi) is 7.62. The van der Waals surface area contributed by atoms with Crippen molar-refractivity contribution in [3.05, 3.63) is 97.7 Å². The first-order valence-electron chi connectivity index (χ1n) is 12.7. The molecule has 2 aliphatic rings. The number of nitrogens with zero attached hydrogens (tertiary/aromatic N) is 4. The molecule has 0 N–H and O–H groups in total. The number of thiophene rings is 1. The van der Waals surface area contributed by atoms with Crippen LogP contribution in [-0.2, 0) is 11.2 Å². The van der Waals surface area contributed by atoms with Crippen molar-refractivity contribution >= 4 is 28.8 Å². The van der Waals surface area contributed by atoms with Crippen LogP contribution in [0.2, 0.25) is 0 Å². The molecule has 1 saturated heterocycles. The summed E-state index contributed by atoms with van der Waals surface area (Å²) in [5, 5.41) is 13.2. The second kappa shape index (κ2) is 11.2. The topological polar surface area (TPSA) is 87.0 Å². The van der Waals surface area contributed by atoms with Gasteiger partial charge in [0.25, 0.3) is 11.6 Å².